The minimum Gasteiger partial charge on any atom is -0.756 e. The number of likely N-dealkylation sites (N-methyl/N-ethyl adjacent to an activating group) is 1. The summed E-state index contributed by atoms with van der Waals surface area (Å²) in [5, 5.41) is 2.99. The van der Waals surface area contributed by atoms with Gasteiger partial charge in [-0.05, 0) is 102 Å². The number of allylic oxidation sites excluding steroid dienone is 15. The molecule has 3 atom stereocenters. The molecule has 1 N–H and O–H groups in total. The summed E-state index contributed by atoms with van der Waals surface area (Å²) in [6.45, 7) is 6.62. The number of hydrogen-bond donors (Lipinski definition) is 1. The molecule has 0 saturated carbocycles. The SMILES string of the molecule is CC/C=C/C/C=C/C/C=C/CCCCCCC(=O)NC(COP(=O)([O-])OCC[N+](C)(C)C)C(/C=C/CCCCCCCCCCCCC)OC(=O)CCC/C=C\C/C=C\C/C=C\C/C=C\CCCCC. The summed E-state index contributed by atoms with van der Waals surface area (Å²) in [7, 11) is 1.13. The number of hydrogen-bond acceptors (Lipinski definition) is 7. The molecule has 1 amide bonds. The number of quaternary nitrogens is 1. The average Bonchev–Trinajstić information content (AvgIpc) is 3.32. The first kappa shape index (κ1) is 66.9. The molecule has 0 aromatic carbocycles. The monoisotopic (exact) mass is 997 g/mol. The van der Waals surface area contributed by atoms with Crippen molar-refractivity contribution < 1.29 is 37.3 Å². The third kappa shape index (κ3) is 49.9. The topological polar surface area (TPSA) is 114 Å². The standard InChI is InChI=1S/C60H105N2O7P/c1-7-10-13-16-19-22-25-28-30-31-32-35-38-41-44-47-50-53-60(64)69-58(51-48-45-42-39-36-33-27-24-21-18-15-12-9-3)57(56-68-70(65,66)67-55-54-62(4,5)6)61-59(63)52-49-46-43-40-37-34-29-26-23-20-17-14-11-8-2/h11,14,19-20,22-23,28-30,32,34-35,41,44,48,51,57-58H,7-10,12-13,15-18,21,24-27,31,33,36-40,42-43,45-47,49-50,52-56H2,1-6H3,(H-,61,63,65,66)/b14-11+,22-19-,23-20+,30-28-,34-29+,35-32-,44-41-,51-48+. The zero-order valence-electron chi connectivity index (χ0n) is 45.7. The van der Waals surface area contributed by atoms with E-state index in [2.05, 4.69) is 111 Å². The number of nitrogens with zero attached hydrogens (tertiary/aromatic N) is 1. The number of nitrogens with one attached hydrogen (secondary N) is 1. The molecule has 0 aliphatic rings. The highest BCUT2D eigenvalue weighted by Crippen LogP contribution is 2.38. The highest BCUT2D eigenvalue weighted by molar-refractivity contribution is 7.45. The fourth-order valence-corrected chi connectivity index (χ4v) is 8.13. The minimum atomic E-state index is -4.72. The number of phosphoric ester groups is 1. The summed E-state index contributed by atoms with van der Waals surface area (Å²) in [5.41, 5.74) is 0. The Morgan fingerprint density at radius 1 is 0.514 bits per heavy atom. The van der Waals surface area contributed by atoms with Crippen LogP contribution in [0.1, 0.15) is 220 Å². The Morgan fingerprint density at radius 2 is 0.929 bits per heavy atom. The maximum Gasteiger partial charge on any atom is 0.306 e. The van der Waals surface area contributed by atoms with Gasteiger partial charge < -0.3 is 28.5 Å². The van der Waals surface area contributed by atoms with E-state index in [1.807, 2.05) is 27.2 Å². The number of unbranched alkanes of at least 4 members (excludes halogenated alkanes) is 19. The van der Waals surface area contributed by atoms with Crippen molar-refractivity contribution in [3.8, 4) is 0 Å². The summed E-state index contributed by atoms with van der Waals surface area (Å²) < 4.78 is 30.1. The van der Waals surface area contributed by atoms with E-state index >= 15 is 0 Å². The van der Waals surface area contributed by atoms with Gasteiger partial charge in [-0.2, -0.15) is 0 Å². The summed E-state index contributed by atoms with van der Waals surface area (Å²) in [5.74, 6) is -0.640. The third-order valence-corrected chi connectivity index (χ3v) is 12.7. The average molecular weight is 997 g/mol. The largest absolute Gasteiger partial charge is 0.756 e. The zero-order chi connectivity index (χ0) is 51.5. The maximum absolute atomic E-state index is 13.5. The number of amides is 1. The number of rotatable bonds is 49. The predicted octanol–water partition coefficient (Wildman–Crippen LogP) is 16.2. The van der Waals surface area contributed by atoms with Crippen molar-refractivity contribution in [2.75, 3.05) is 40.9 Å². The van der Waals surface area contributed by atoms with E-state index < -0.39 is 32.5 Å². The smallest absolute Gasteiger partial charge is 0.306 e. The van der Waals surface area contributed by atoms with Crippen LogP contribution in [0.15, 0.2) is 97.2 Å². The first-order valence-corrected chi connectivity index (χ1v) is 29.5. The molecule has 0 saturated heterocycles. The van der Waals surface area contributed by atoms with Crippen molar-refractivity contribution in [2.24, 2.45) is 0 Å². The van der Waals surface area contributed by atoms with Gasteiger partial charge in [-0.3, -0.25) is 14.2 Å². The first-order chi connectivity index (χ1) is 33.9. The van der Waals surface area contributed by atoms with Crippen molar-refractivity contribution in [3.63, 3.8) is 0 Å². The van der Waals surface area contributed by atoms with Crippen LogP contribution in [0.3, 0.4) is 0 Å². The van der Waals surface area contributed by atoms with Crippen LogP contribution >= 0.6 is 7.82 Å². The molecule has 0 bridgehead atoms. The lowest BCUT2D eigenvalue weighted by Gasteiger charge is -2.30. The molecule has 0 radical (unpaired) electrons. The highest BCUT2D eigenvalue weighted by atomic mass is 31.2. The molecule has 10 heteroatoms. The molecule has 70 heavy (non-hydrogen) atoms. The van der Waals surface area contributed by atoms with Gasteiger partial charge in [0.05, 0.1) is 33.8 Å². The summed E-state index contributed by atoms with van der Waals surface area (Å²) in [6.07, 6.45) is 65.2. The third-order valence-electron chi connectivity index (χ3n) is 11.7. The molecule has 0 aromatic heterocycles. The van der Waals surface area contributed by atoms with E-state index in [0.29, 0.717) is 23.9 Å². The van der Waals surface area contributed by atoms with Gasteiger partial charge in [0.15, 0.2) is 0 Å². The van der Waals surface area contributed by atoms with Crippen molar-refractivity contribution in [2.45, 2.75) is 232 Å². The molecular formula is C60H105N2O7P. The molecule has 0 spiro atoms. The van der Waals surface area contributed by atoms with Crippen LogP contribution in [0.2, 0.25) is 0 Å². The second-order valence-electron chi connectivity index (χ2n) is 19.7. The van der Waals surface area contributed by atoms with Crippen LogP contribution in [-0.2, 0) is 27.9 Å². The summed E-state index contributed by atoms with van der Waals surface area (Å²) in [6, 6.07) is -0.926. The Kier molecular flexibility index (Phi) is 47.3. The van der Waals surface area contributed by atoms with Gasteiger partial charge in [0.1, 0.15) is 19.3 Å². The van der Waals surface area contributed by atoms with Crippen LogP contribution in [0.4, 0.5) is 0 Å². The van der Waals surface area contributed by atoms with Gasteiger partial charge in [0, 0.05) is 12.8 Å². The van der Waals surface area contributed by atoms with E-state index in [4.69, 9.17) is 13.8 Å². The lowest BCUT2D eigenvalue weighted by molar-refractivity contribution is -0.870. The number of phosphoric acid groups is 1. The first-order valence-electron chi connectivity index (χ1n) is 28.0. The van der Waals surface area contributed by atoms with Crippen molar-refractivity contribution in [1.82, 2.24) is 5.32 Å². The lowest BCUT2D eigenvalue weighted by Crippen LogP contribution is -2.47. The predicted molar refractivity (Wildman–Crippen MR) is 297 cm³/mol. The number of ether oxygens (including phenoxy) is 1. The summed E-state index contributed by atoms with van der Waals surface area (Å²) in [4.78, 5) is 39.8. The molecule has 0 fully saturated rings. The number of esters is 1. The molecular weight excluding hydrogens is 892 g/mol. The van der Waals surface area contributed by atoms with Gasteiger partial charge >= 0.3 is 5.97 Å². The second-order valence-corrected chi connectivity index (χ2v) is 21.1. The van der Waals surface area contributed by atoms with E-state index in [1.165, 1.54) is 83.5 Å². The Bertz CT molecular complexity index is 1520. The lowest BCUT2D eigenvalue weighted by atomic mass is 10.0. The highest BCUT2D eigenvalue weighted by Gasteiger charge is 2.27. The minimum absolute atomic E-state index is 0.0399. The maximum atomic E-state index is 13.5. The molecule has 402 valence electrons. The van der Waals surface area contributed by atoms with Crippen LogP contribution in [0.5, 0.6) is 0 Å². The fourth-order valence-electron chi connectivity index (χ4n) is 7.41. The van der Waals surface area contributed by atoms with E-state index in [9.17, 15) is 19.0 Å². The number of carbonyl (C=O) groups excluding carboxylic acids is 2. The fraction of sp³-hybridized carbons (Fsp3) is 0.700. The Labute approximate surface area is 430 Å². The van der Waals surface area contributed by atoms with E-state index in [0.717, 1.165) is 89.9 Å². The Balaban J connectivity index is 5.53. The quantitative estimate of drug-likeness (QED) is 0.0212. The van der Waals surface area contributed by atoms with Crippen LogP contribution in [0.25, 0.3) is 0 Å². The van der Waals surface area contributed by atoms with Crippen molar-refractivity contribution >= 4 is 19.7 Å². The molecule has 3 unspecified atom stereocenters. The molecule has 0 aromatic rings. The normalized spacial score (nSPS) is 14.6. The van der Waals surface area contributed by atoms with E-state index in [1.54, 1.807) is 6.08 Å². The molecule has 0 rings (SSSR count). The Hall–Kier alpha value is -3.07. The van der Waals surface area contributed by atoms with Gasteiger partial charge in [-0.15, -0.1) is 0 Å². The van der Waals surface area contributed by atoms with Crippen molar-refractivity contribution in [1.29, 1.82) is 0 Å². The molecule has 0 aliphatic carbocycles. The Morgan fingerprint density at radius 3 is 1.43 bits per heavy atom. The molecule has 0 heterocycles. The van der Waals surface area contributed by atoms with Gasteiger partial charge in [0.2, 0.25) is 5.91 Å². The summed E-state index contributed by atoms with van der Waals surface area (Å²) >= 11 is 0. The van der Waals surface area contributed by atoms with Gasteiger partial charge in [-0.25, -0.2) is 0 Å². The van der Waals surface area contributed by atoms with Crippen LogP contribution in [0, 0.1) is 0 Å². The molecule has 0 aliphatic heterocycles. The van der Waals surface area contributed by atoms with Gasteiger partial charge in [-0.1, -0.05) is 202 Å². The zero-order valence-corrected chi connectivity index (χ0v) is 46.6. The van der Waals surface area contributed by atoms with Crippen molar-refractivity contribution in [3.05, 3.63) is 97.2 Å². The van der Waals surface area contributed by atoms with Crippen LogP contribution in [-0.4, -0.2) is 69.4 Å². The van der Waals surface area contributed by atoms with Gasteiger partial charge in [0.25, 0.3) is 7.82 Å². The molecule has 9 nitrogen and oxygen atoms in total. The van der Waals surface area contributed by atoms with E-state index in [-0.39, 0.29) is 25.4 Å². The number of carbonyl (C=O) groups is 2. The van der Waals surface area contributed by atoms with Crippen LogP contribution < -0.4 is 10.2 Å². The second kappa shape index (κ2) is 49.5.